The molecule has 30 heavy (non-hydrogen) atoms. The van der Waals surface area contributed by atoms with Crippen LogP contribution in [-0.2, 0) is 17.1 Å². The topological polar surface area (TPSA) is 67.7 Å². The Morgan fingerprint density at radius 3 is 2.23 bits per heavy atom. The summed E-state index contributed by atoms with van der Waals surface area (Å²) >= 11 is 0. The number of aromatic nitrogens is 2. The number of anilines is 1. The van der Waals surface area contributed by atoms with Gasteiger partial charge in [0.05, 0.1) is 6.20 Å². The molecule has 11 heteroatoms. The highest BCUT2D eigenvalue weighted by Gasteiger charge is 2.43. The third-order valence-corrected chi connectivity index (χ3v) is 8.01. The van der Waals surface area contributed by atoms with Gasteiger partial charge in [-0.05, 0) is 55.0 Å². The van der Waals surface area contributed by atoms with Crippen LogP contribution >= 0.6 is 0 Å². The molecule has 164 valence electrons. The smallest absolute Gasteiger partial charge is 0.406 e. The Morgan fingerprint density at radius 1 is 1.03 bits per heavy atom. The van der Waals surface area contributed by atoms with Crippen molar-refractivity contribution in [1.82, 2.24) is 14.1 Å². The van der Waals surface area contributed by atoms with Crippen LogP contribution in [0.4, 0.5) is 18.9 Å². The molecule has 0 radical (unpaired) electrons. The van der Waals surface area contributed by atoms with Crippen molar-refractivity contribution in [1.29, 1.82) is 0 Å². The summed E-state index contributed by atoms with van der Waals surface area (Å²) in [4.78, 5) is 2.14. The summed E-state index contributed by atoms with van der Waals surface area (Å²) in [7, 11) is -1.96. The molecule has 4 rings (SSSR count). The average molecular weight is 444 g/mol. The number of aryl methyl sites for hydroxylation is 1. The first-order chi connectivity index (χ1) is 14.1. The molecule has 0 N–H and O–H groups in total. The quantitative estimate of drug-likeness (QED) is 0.725. The summed E-state index contributed by atoms with van der Waals surface area (Å²) < 4.78 is 69.5. The average Bonchev–Trinajstić information content (AvgIpc) is 3.29. The summed E-state index contributed by atoms with van der Waals surface area (Å²) in [6, 6.07) is 7.39. The van der Waals surface area contributed by atoms with Gasteiger partial charge in [0, 0.05) is 38.9 Å². The Kier molecular flexibility index (Phi) is 5.21. The predicted octanol–water partition coefficient (Wildman–Crippen LogP) is 3.00. The zero-order valence-electron chi connectivity index (χ0n) is 16.5. The number of nitrogens with zero attached hydrogens (tertiary/aromatic N) is 4. The van der Waals surface area contributed by atoms with Gasteiger partial charge in [-0.15, -0.1) is 13.2 Å². The Labute approximate surface area is 173 Å². The monoisotopic (exact) mass is 444 g/mol. The number of hydrogen-bond acceptors (Lipinski definition) is 5. The largest absolute Gasteiger partial charge is 0.573 e. The molecule has 2 fully saturated rings. The molecule has 1 aromatic carbocycles. The molecule has 0 amide bonds. The maximum Gasteiger partial charge on any atom is 0.573 e. The molecule has 0 saturated carbocycles. The Morgan fingerprint density at radius 2 is 1.67 bits per heavy atom. The van der Waals surface area contributed by atoms with E-state index < -0.39 is 16.4 Å². The third kappa shape index (κ3) is 4.13. The zero-order valence-corrected chi connectivity index (χ0v) is 17.3. The van der Waals surface area contributed by atoms with Crippen LogP contribution in [0.3, 0.4) is 0 Å². The Hall–Kier alpha value is -2.27. The Balaban J connectivity index is 1.39. The minimum Gasteiger partial charge on any atom is -0.406 e. The van der Waals surface area contributed by atoms with Crippen LogP contribution in [-0.4, -0.2) is 55.0 Å². The lowest BCUT2D eigenvalue weighted by atomic mass is 9.78. The zero-order chi connectivity index (χ0) is 21.6. The van der Waals surface area contributed by atoms with E-state index in [4.69, 9.17) is 0 Å². The third-order valence-electron chi connectivity index (χ3n) is 6.04. The molecule has 0 bridgehead atoms. The molecule has 2 aliphatic heterocycles. The maximum absolute atomic E-state index is 12.9. The number of rotatable bonds is 4. The lowest BCUT2D eigenvalue weighted by molar-refractivity contribution is -0.274. The normalized spacial score (nSPS) is 20.1. The molecule has 2 aromatic rings. The Bertz CT molecular complexity index is 997. The number of sulfonamides is 1. The van der Waals surface area contributed by atoms with E-state index in [9.17, 15) is 21.6 Å². The van der Waals surface area contributed by atoms with Gasteiger partial charge in [0.25, 0.3) is 10.0 Å². The van der Waals surface area contributed by atoms with E-state index in [1.54, 1.807) is 19.2 Å². The van der Waals surface area contributed by atoms with Crippen LogP contribution < -0.4 is 9.64 Å². The van der Waals surface area contributed by atoms with E-state index >= 15 is 0 Å². The molecule has 3 heterocycles. The summed E-state index contributed by atoms with van der Waals surface area (Å²) in [5, 5.41) is 4.14. The summed E-state index contributed by atoms with van der Waals surface area (Å²) in [6.45, 7) is 2.43. The maximum atomic E-state index is 12.9. The second kappa shape index (κ2) is 7.45. The van der Waals surface area contributed by atoms with E-state index in [0.29, 0.717) is 13.1 Å². The highest BCUT2D eigenvalue weighted by molar-refractivity contribution is 7.89. The predicted molar refractivity (Wildman–Crippen MR) is 104 cm³/mol. The number of alkyl halides is 3. The SMILES string of the molecule is Cn1nccc1S(=O)(=O)N1CCC2(CCN(c3ccc(OC(F)(F)F)cc3)C2)CC1. The number of benzene rings is 1. The standard InChI is InChI=1S/C19H23F3N4O3S/c1-24-17(6-10-23-24)30(27,28)26-12-8-18(9-13-26)7-11-25(14-18)15-2-4-16(5-3-15)29-19(20,21)22/h2-6,10H,7-9,11-14H2,1H3. The van der Waals surface area contributed by atoms with Gasteiger partial charge in [0.15, 0.2) is 5.03 Å². The lowest BCUT2D eigenvalue weighted by Gasteiger charge is -2.38. The van der Waals surface area contributed by atoms with Crippen molar-refractivity contribution in [3.05, 3.63) is 36.5 Å². The van der Waals surface area contributed by atoms with Crippen molar-refractivity contribution < 1.29 is 26.3 Å². The number of piperidine rings is 1. The fraction of sp³-hybridized carbons (Fsp3) is 0.526. The van der Waals surface area contributed by atoms with Crippen LogP contribution in [0.2, 0.25) is 0 Å². The van der Waals surface area contributed by atoms with Crippen molar-refractivity contribution >= 4 is 15.7 Å². The van der Waals surface area contributed by atoms with Crippen molar-refractivity contribution in [2.24, 2.45) is 12.5 Å². The molecular formula is C19H23F3N4O3S. The minimum atomic E-state index is -4.71. The lowest BCUT2D eigenvalue weighted by Crippen LogP contribution is -2.44. The van der Waals surface area contributed by atoms with Gasteiger partial charge in [0.1, 0.15) is 5.75 Å². The fourth-order valence-electron chi connectivity index (χ4n) is 4.37. The second-order valence-corrected chi connectivity index (χ2v) is 9.80. The van der Waals surface area contributed by atoms with Crippen LogP contribution in [0.5, 0.6) is 5.75 Å². The van der Waals surface area contributed by atoms with Crippen molar-refractivity contribution in [3.8, 4) is 5.75 Å². The van der Waals surface area contributed by atoms with E-state index in [0.717, 1.165) is 38.0 Å². The van der Waals surface area contributed by atoms with Crippen LogP contribution in [0.25, 0.3) is 0 Å². The summed E-state index contributed by atoms with van der Waals surface area (Å²) in [6.07, 6.45) is -0.819. The number of ether oxygens (including phenoxy) is 1. The fourth-order valence-corrected chi connectivity index (χ4v) is 5.91. The molecule has 0 unspecified atom stereocenters. The molecule has 0 aliphatic carbocycles. The molecule has 2 aliphatic rings. The highest BCUT2D eigenvalue weighted by atomic mass is 32.2. The first-order valence-corrected chi connectivity index (χ1v) is 11.1. The molecule has 1 spiro atoms. The van der Waals surface area contributed by atoms with E-state index in [1.807, 2.05) is 0 Å². The molecule has 0 atom stereocenters. The number of hydrogen-bond donors (Lipinski definition) is 0. The van der Waals surface area contributed by atoms with Crippen molar-refractivity contribution in [3.63, 3.8) is 0 Å². The van der Waals surface area contributed by atoms with Crippen LogP contribution in [0.15, 0.2) is 41.6 Å². The van der Waals surface area contributed by atoms with Crippen LogP contribution in [0, 0.1) is 5.41 Å². The second-order valence-electron chi connectivity index (χ2n) is 7.91. The van der Waals surface area contributed by atoms with Gasteiger partial charge in [-0.2, -0.15) is 9.40 Å². The molecule has 2 saturated heterocycles. The van der Waals surface area contributed by atoms with Gasteiger partial charge in [-0.1, -0.05) is 0 Å². The van der Waals surface area contributed by atoms with Gasteiger partial charge in [-0.25, -0.2) is 8.42 Å². The highest BCUT2D eigenvalue weighted by Crippen LogP contribution is 2.43. The first kappa shape index (κ1) is 21.0. The summed E-state index contributed by atoms with van der Waals surface area (Å²) in [5.41, 5.74) is 0.853. The molecule has 7 nitrogen and oxygen atoms in total. The van der Waals surface area contributed by atoms with Crippen LogP contribution in [0.1, 0.15) is 19.3 Å². The van der Waals surface area contributed by atoms with E-state index in [1.165, 1.54) is 33.4 Å². The van der Waals surface area contributed by atoms with Gasteiger partial charge >= 0.3 is 6.36 Å². The number of halogens is 3. The van der Waals surface area contributed by atoms with E-state index in [2.05, 4.69) is 14.7 Å². The van der Waals surface area contributed by atoms with Gasteiger partial charge in [0.2, 0.25) is 0 Å². The first-order valence-electron chi connectivity index (χ1n) is 9.67. The van der Waals surface area contributed by atoms with Gasteiger partial charge in [-0.3, -0.25) is 4.68 Å². The van der Waals surface area contributed by atoms with E-state index in [-0.39, 0.29) is 16.2 Å². The van der Waals surface area contributed by atoms with Gasteiger partial charge < -0.3 is 9.64 Å². The molecule has 1 aromatic heterocycles. The minimum absolute atomic E-state index is 0.0135. The summed E-state index contributed by atoms with van der Waals surface area (Å²) in [5.74, 6) is -0.242. The van der Waals surface area contributed by atoms with Crippen molar-refractivity contribution in [2.75, 3.05) is 31.1 Å². The van der Waals surface area contributed by atoms with Crippen molar-refractivity contribution in [2.45, 2.75) is 30.7 Å². The molecular weight excluding hydrogens is 421 g/mol.